The molecule has 6 nitrogen and oxygen atoms in total. The van der Waals surface area contributed by atoms with E-state index in [2.05, 4.69) is 10.6 Å². The number of rotatable bonds is 4. The van der Waals surface area contributed by atoms with E-state index in [0.717, 1.165) is 5.56 Å². The van der Waals surface area contributed by atoms with Crippen LogP contribution in [0.3, 0.4) is 0 Å². The Bertz CT molecular complexity index is 1290. The molecule has 0 unspecified atom stereocenters. The zero-order chi connectivity index (χ0) is 24.0. The van der Waals surface area contributed by atoms with E-state index in [0.29, 0.717) is 33.0 Å². The van der Waals surface area contributed by atoms with Gasteiger partial charge in [0.1, 0.15) is 11.7 Å². The summed E-state index contributed by atoms with van der Waals surface area (Å²) < 4.78 is 26.3. The van der Waals surface area contributed by atoms with Gasteiger partial charge < -0.3 is 20.1 Å². The second-order valence-corrected chi connectivity index (χ2v) is 9.07. The number of carbonyl (C=O) groups excluding carboxylic acids is 1. The van der Waals surface area contributed by atoms with Crippen LogP contribution in [0.5, 0.6) is 11.5 Å². The fraction of sp³-hybridized carbons (Fsp3) is 0.200. The number of ether oxygens (including phenoxy) is 2. The van der Waals surface area contributed by atoms with Crippen molar-refractivity contribution >= 4 is 46.2 Å². The predicted octanol–water partition coefficient (Wildman–Crippen LogP) is 5.29. The van der Waals surface area contributed by atoms with Crippen LogP contribution in [0, 0.1) is 11.7 Å². The molecule has 2 heterocycles. The van der Waals surface area contributed by atoms with Crippen LogP contribution in [0.25, 0.3) is 0 Å². The summed E-state index contributed by atoms with van der Waals surface area (Å²) in [5.74, 6) is -0.456. The first-order valence-electron chi connectivity index (χ1n) is 10.6. The van der Waals surface area contributed by atoms with Gasteiger partial charge in [-0.1, -0.05) is 29.8 Å². The first-order chi connectivity index (χ1) is 16.3. The molecule has 3 atom stereocenters. The van der Waals surface area contributed by atoms with Crippen LogP contribution >= 0.6 is 23.8 Å². The Morgan fingerprint density at radius 3 is 2.65 bits per heavy atom. The van der Waals surface area contributed by atoms with Gasteiger partial charge in [-0.25, -0.2) is 4.39 Å². The summed E-state index contributed by atoms with van der Waals surface area (Å²) in [7, 11) is 1.55. The fourth-order valence-electron chi connectivity index (χ4n) is 4.69. The summed E-state index contributed by atoms with van der Waals surface area (Å²) >= 11 is 11.7. The first-order valence-corrected chi connectivity index (χ1v) is 11.4. The highest BCUT2D eigenvalue weighted by atomic mass is 35.5. The molecular weight excluding hydrogens is 477 g/mol. The lowest BCUT2D eigenvalue weighted by Crippen LogP contribution is -2.72. The maximum Gasteiger partial charge on any atom is 0.236 e. The average Bonchev–Trinajstić information content (AvgIpc) is 2.79. The molecule has 9 heteroatoms. The Hall–Kier alpha value is -3.36. The molecule has 0 saturated carbocycles. The van der Waals surface area contributed by atoms with E-state index in [1.165, 1.54) is 12.1 Å². The molecule has 2 aliphatic heterocycles. The number of carbonyl (C=O) groups is 1. The third kappa shape index (κ3) is 3.63. The van der Waals surface area contributed by atoms with E-state index >= 15 is 0 Å². The predicted molar refractivity (Wildman–Crippen MR) is 133 cm³/mol. The highest BCUT2D eigenvalue weighted by Gasteiger charge is 2.59. The minimum absolute atomic E-state index is 0.292. The number of thiocarbonyl (C=S) groups is 1. The number of hydrogen-bond acceptors (Lipinski definition) is 4. The molecule has 0 aliphatic carbocycles. The van der Waals surface area contributed by atoms with Crippen molar-refractivity contribution in [2.45, 2.75) is 18.7 Å². The number of nitrogens with zero attached hydrogens (tertiary/aromatic N) is 1. The average molecular weight is 498 g/mol. The SMILES string of the molecule is COc1cccc2c1O[C@@]1(C)[C@H](C(=O)Nc3ccc(Cl)cc3)[C@@H]2NC(=S)N1c1cccc(F)c1. The first kappa shape index (κ1) is 22.4. The minimum Gasteiger partial charge on any atom is -0.493 e. The summed E-state index contributed by atoms with van der Waals surface area (Å²) in [4.78, 5) is 15.4. The number of benzene rings is 3. The van der Waals surface area contributed by atoms with Crippen LogP contribution in [0.2, 0.25) is 5.02 Å². The van der Waals surface area contributed by atoms with E-state index < -0.39 is 23.5 Å². The normalized spacial score (nSPS) is 22.8. The van der Waals surface area contributed by atoms with Gasteiger partial charge in [-0.15, -0.1) is 0 Å². The van der Waals surface area contributed by atoms with Crippen LogP contribution in [0.1, 0.15) is 18.5 Å². The molecule has 3 aromatic carbocycles. The summed E-state index contributed by atoms with van der Waals surface area (Å²) in [6, 6.07) is 17.8. The van der Waals surface area contributed by atoms with Crippen LogP contribution in [0.15, 0.2) is 66.7 Å². The number of halogens is 2. The Morgan fingerprint density at radius 1 is 1.21 bits per heavy atom. The van der Waals surface area contributed by atoms with Crippen molar-refractivity contribution in [2.75, 3.05) is 17.3 Å². The van der Waals surface area contributed by atoms with Gasteiger partial charge in [-0.05, 0) is 67.7 Å². The molecule has 0 spiro atoms. The lowest BCUT2D eigenvalue weighted by atomic mass is 9.78. The number of anilines is 2. The summed E-state index contributed by atoms with van der Waals surface area (Å²) in [5.41, 5.74) is 0.502. The van der Waals surface area contributed by atoms with E-state index in [4.69, 9.17) is 33.3 Å². The van der Waals surface area contributed by atoms with Crippen molar-refractivity contribution in [3.05, 3.63) is 83.1 Å². The summed E-state index contributed by atoms with van der Waals surface area (Å²) in [6.45, 7) is 1.78. The number of hydrogen-bond donors (Lipinski definition) is 2. The maximum atomic E-state index is 14.2. The maximum absolute atomic E-state index is 14.2. The van der Waals surface area contributed by atoms with E-state index in [9.17, 15) is 9.18 Å². The lowest BCUT2D eigenvalue weighted by molar-refractivity contribution is -0.130. The Labute approximate surface area is 206 Å². The molecule has 174 valence electrons. The monoisotopic (exact) mass is 497 g/mol. The van der Waals surface area contributed by atoms with Crippen LogP contribution in [0.4, 0.5) is 15.8 Å². The van der Waals surface area contributed by atoms with Crippen molar-refractivity contribution in [3.63, 3.8) is 0 Å². The van der Waals surface area contributed by atoms with Crippen LogP contribution in [-0.2, 0) is 4.79 Å². The number of methoxy groups -OCH3 is 1. The molecule has 5 rings (SSSR count). The quantitative estimate of drug-likeness (QED) is 0.478. The zero-order valence-electron chi connectivity index (χ0n) is 18.3. The zero-order valence-corrected chi connectivity index (χ0v) is 19.9. The van der Waals surface area contributed by atoms with Gasteiger partial charge in [0, 0.05) is 22.0 Å². The molecule has 1 fully saturated rings. The third-order valence-electron chi connectivity index (χ3n) is 6.17. The van der Waals surface area contributed by atoms with Crippen LogP contribution in [-0.4, -0.2) is 23.9 Å². The van der Waals surface area contributed by atoms with Crippen molar-refractivity contribution in [1.29, 1.82) is 0 Å². The van der Waals surface area contributed by atoms with Crippen molar-refractivity contribution in [3.8, 4) is 11.5 Å². The molecule has 0 aromatic heterocycles. The minimum atomic E-state index is -1.29. The second-order valence-electron chi connectivity index (χ2n) is 8.25. The second kappa shape index (κ2) is 8.45. The lowest BCUT2D eigenvalue weighted by Gasteiger charge is -2.56. The Morgan fingerprint density at radius 2 is 1.94 bits per heavy atom. The van der Waals surface area contributed by atoms with E-state index in [1.54, 1.807) is 61.4 Å². The molecule has 3 aromatic rings. The van der Waals surface area contributed by atoms with Crippen LogP contribution < -0.4 is 25.0 Å². The highest BCUT2D eigenvalue weighted by Crippen LogP contribution is 2.52. The number of nitrogens with one attached hydrogen (secondary N) is 2. The smallest absolute Gasteiger partial charge is 0.236 e. The Balaban J connectivity index is 1.65. The molecule has 2 aliphatic rings. The van der Waals surface area contributed by atoms with Crippen molar-refractivity contribution < 1.29 is 18.7 Å². The molecule has 0 radical (unpaired) electrons. The topological polar surface area (TPSA) is 62.8 Å². The van der Waals surface area contributed by atoms with Gasteiger partial charge in [0.15, 0.2) is 22.3 Å². The number of fused-ring (bicyclic) bond motifs is 4. The summed E-state index contributed by atoms with van der Waals surface area (Å²) in [6.07, 6.45) is 0. The Kier molecular flexibility index (Phi) is 5.58. The van der Waals surface area contributed by atoms with Gasteiger partial charge >= 0.3 is 0 Å². The summed E-state index contributed by atoms with van der Waals surface area (Å²) in [5, 5.41) is 7.13. The van der Waals surface area contributed by atoms with Gasteiger partial charge in [-0.2, -0.15) is 0 Å². The molecule has 2 bridgehead atoms. The number of para-hydroxylation sites is 1. The molecule has 2 N–H and O–H groups in total. The highest BCUT2D eigenvalue weighted by molar-refractivity contribution is 7.80. The van der Waals surface area contributed by atoms with Gasteiger partial charge in [0.05, 0.1) is 13.2 Å². The van der Waals surface area contributed by atoms with Gasteiger partial charge in [0.25, 0.3) is 0 Å². The number of amides is 1. The van der Waals surface area contributed by atoms with E-state index in [1.807, 2.05) is 12.1 Å². The molecule has 1 amide bonds. The molecule has 34 heavy (non-hydrogen) atoms. The van der Waals surface area contributed by atoms with Gasteiger partial charge in [-0.3, -0.25) is 9.69 Å². The van der Waals surface area contributed by atoms with Crippen molar-refractivity contribution in [2.24, 2.45) is 5.92 Å². The van der Waals surface area contributed by atoms with Crippen molar-refractivity contribution in [1.82, 2.24) is 5.32 Å². The van der Waals surface area contributed by atoms with E-state index in [-0.39, 0.29) is 5.91 Å². The molecular formula is C25H21ClFN3O3S. The van der Waals surface area contributed by atoms with Gasteiger partial charge in [0.2, 0.25) is 5.91 Å². The third-order valence-corrected chi connectivity index (χ3v) is 6.72. The molecule has 1 saturated heterocycles. The largest absolute Gasteiger partial charge is 0.493 e. The standard InChI is InChI=1S/C25H21ClFN3O3S/c1-25-20(23(31)28-16-11-9-14(26)10-12-16)21(18-7-4-8-19(32-2)22(18)33-25)29-24(34)30(25)17-6-3-5-15(27)13-17/h3-13,20-21H,1-2H3,(H,28,31)(H,29,34)/t20-,21+,25-/m0/s1. The fourth-order valence-corrected chi connectivity index (χ4v) is 5.23.